The van der Waals surface area contributed by atoms with Crippen LogP contribution in [0.2, 0.25) is 0 Å². The first kappa shape index (κ1) is 14.0. The van der Waals surface area contributed by atoms with E-state index < -0.39 is 35.9 Å². The monoisotopic (exact) mass is 283 g/mol. The molecule has 108 valence electrons. The van der Waals surface area contributed by atoms with Gasteiger partial charge in [-0.1, -0.05) is 0 Å². The molecule has 2 atom stereocenters. The molecule has 0 aliphatic carbocycles. The Kier molecular flexibility index (Phi) is 3.45. The number of carboxylic acids is 3. The number of aromatic nitrogens is 2. The minimum atomic E-state index is -1.81. The second-order valence-electron chi connectivity index (χ2n) is 4.57. The van der Waals surface area contributed by atoms with Crippen LogP contribution in [-0.4, -0.2) is 49.2 Å². The van der Waals surface area contributed by atoms with Gasteiger partial charge in [-0.05, 0) is 6.42 Å². The lowest BCUT2D eigenvalue weighted by molar-refractivity contribution is -0.149. The van der Waals surface area contributed by atoms with Crippen LogP contribution in [0, 0.1) is 0 Å². The van der Waals surface area contributed by atoms with Crippen molar-refractivity contribution in [1.82, 2.24) is 15.3 Å². The SMILES string of the molecule is O=C(O)CC[C@@]1(C(=O)O)N[C@H](C(=O)O)Cc2[nH]cnc21. The highest BCUT2D eigenvalue weighted by Crippen LogP contribution is 2.33. The molecule has 20 heavy (non-hydrogen) atoms. The highest BCUT2D eigenvalue weighted by molar-refractivity contribution is 5.84. The summed E-state index contributed by atoms with van der Waals surface area (Å²) in [6, 6.07) is -1.12. The lowest BCUT2D eigenvalue weighted by Gasteiger charge is -2.36. The maximum absolute atomic E-state index is 11.6. The molecular formula is C11H13N3O6. The number of fused-ring (bicyclic) bond motifs is 1. The van der Waals surface area contributed by atoms with E-state index in [2.05, 4.69) is 15.3 Å². The van der Waals surface area contributed by atoms with Crippen LogP contribution in [0.1, 0.15) is 24.2 Å². The average molecular weight is 283 g/mol. The van der Waals surface area contributed by atoms with Crippen molar-refractivity contribution >= 4 is 17.9 Å². The second kappa shape index (κ2) is 4.93. The van der Waals surface area contributed by atoms with Gasteiger partial charge in [0.05, 0.1) is 12.0 Å². The number of aromatic amines is 1. The van der Waals surface area contributed by atoms with Crippen LogP contribution in [0.5, 0.6) is 0 Å². The lowest BCUT2D eigenvalue weighted by atomic mass is 9.82. The number of H-pyrrole nitrogens is 1. The number of imidazole rings is 1. The fraction of sp³-hybridized carbons (Fsp3) is 0.455. The zero-order valence-corrected chi connectivity index (χ0v) is 10.3. The number of hydrogen-bond donors (Lipinski definition) is 5. The first-order valence-corrected chi connectivity index (χ1v) is 5.85. The van der Waals surface area contributed by atoms with Crippen LogP contribution in [0.15, 0.2) is 6.33 Å². The van der Waals surface area contributed by atoms with Gasteiger partial charge in [-0.25, -0.2) is 9.78 Å². The highest BCUT2D eigenvalue weighted by Gasteiger charge is 2.50. The largest absolute Gasteiger partial charge is 0.481 e. The van der Waals surface area contributed by atoms with Crippen molar-refractivity contribution in [2.75, 3.05) is 0 Å². The topological polar surface area (TPSA) is 153 Å². The van der Waals surface area contributed by atoms with Gasteiger partial charge in [0.1, 0.15) is 6.04 Å². The summed E-state index contributed by atoms with van der Waals surface area (Å²) < 4.78 is 0. The smallest absolute Gasteiger partial charge is 0.330 e. The minimum Gasteiger partial charge on any atom is -0.481 e. The number of nitrogens with zero attached hydrogens (tertiary/aromatic N) is 1. The van der Waals surface area contributed by atoms with Gasteiger partial charge in [0.15, 0.2) is 5.54 Å². The quantitative estimate of drug-likeness (QED) is 0.468. The first-order chi connectivity index (χ1) is 9.36. The second-order valence-corrected chi connectivity index (χ2v) is 4.57. The molecule has 0 saturated carbocycles. The zero-order valence-electron chi connectivity index (χ0n) is 10.3. The summed E-state index contributed by atoms with van der Waals surface area (Å²) in [7, 11) is 0. The summed E-state index contributed by atoms with van der Waals surface area (Å²) in [6.07, 6.45) is 0.624. The summed E-state index contributed by atoms with van der Waals surface area (Å²) in [5.74, 6) is -3.72. The molecule has 0 radical (unpaired) electrons. The van der Waals surface area contributed by atoms with E-state index in [1.807, 2.05) is 0 Å². The van der Waals surface area contributed by atoms with E-state index in [-0.39, 0.29) is 18.5 Å². The molecule has 0 aromatic carbocycles. The summed E-state index contributed by atoms with van der Waals surface area (Å²) >= 11 is 0. The Morgan fingerprint density at radius 1 is 1.35 bits per heavy atom. The summed E-state index contributed by atoms with van der Waals surface area (Å²) in [5, 5.41) is 29.8. The summed E-state index contributed by atoms with van der Waals surface area (Å²) in [4.78, 5) is 40.1. The molecule has 1 aromatic rings. The molecule has 0 saturated heterocycles. The van der Waals surface area contributed by atoms with Crippen LogP contribution in [0.25, 0.3) is 0 Å². The predicted molar refractivity (Wildman–Crippen MR) is 63.0 cm³/mol. The highest BCUT2D eigenvalue weighted by atomic mass is 16.4. The van der Waals surface area contributed by atoms with Crippen LogP contribution < -0.4 is 5.32 Å². The third-order valence-electron chi connectivity index (χ3n) is 3.33. The van der Waals surface area contributed by atoms with Crippen molar-refractivity contribution in [3.8, 4) is 0 Å². The molecule has 1 aliphatic heterocycles. The number of carboxylic acid groups (broad SMARTS) is 3. The molecular weight excluding hydrogens is 270 g/mol. The number of carbonyl (C=O) groups is 3. The van der Waals surface area contributed by atoms with E-state index in [0.29, 0.717) is 5.69 Å². The maximum atomic E-state index is 11.6. The average Bonchev–Trinajstić information content (AvgIpc) is 2.83. The van der Waals surface area contributed by atoms with E-state index in [0.717, 1.165) is 0 Å². The van der Waals surface area contributed by atoms with Crippen molar-refractivity contribution in [1.29, 1.82) is 0 Å². The van der Waals surface area contributed by atoms with Gasteiger partial charge < -0.3 is 20.3 Å². The van der Waals surface area contributed by atoms with Crippen LogP contribution >= 0.6 is 0 Å². The molecule has 0 unspecified atom stereocenters. The Hall–Kier alpha value is -2.42. The van der Waals surface area contributed by atoms with Gasteiger partial charge >= 0.3 is 17.9 Å². The molecule has 0 bridgehead atoms. The third kappa shape index (κ3) is 2.23. The lowest BCUT2D eigenvalue weighted by Crippen LogP contribution is -2.60. The number of aliphatic carboxylic acids is 3. The first-order valence-electron chi connectivity index (χ1n) is 5.85. The Morgan fingerprint density at radius 2 is 2.05 bits per heavy atom. The molecule has 0 fully saturated rings. The molecule has 1 aromatic heterocycles. The standard InChI is InChI=1S/C11H13N3O6/c15-7(16)1-2-11(10(19)20)8-5(12-4-13-8)3-6(14-11)9(17)18/h4,6,14H,1-3H2,(H,12,13)(H,15,16)(H,17,18)(H,19,20)/t6-,11+/m0/s1. The van der Waals surface area contributed by atoms with Gasteiger partial charge in [0.25, 0.3) is 0 Å². The zero-order chi connectivity index (χ0) is 14.9. The van der Waals surface area contributed by atoms with E-state index >= 15 is 0 Å². The van der Waals surface area contributed by atoms with Crippen LogP contribution in [0.3, 0.4) is 0 Å². The Labute approximate surface area is 112 Å². The molecule has 2 rings (SSSR count). The van der Waals surface area contributed by atoms with Gasteiger partial charge in [-0.15, -0.1) is 0 Å². The Balaban J connectivity index is 2.45. The predicted octanol–water partition coefficient (Wildman–Crippen LogP) is -0.847. The molecule has 1 aliphatic rings. The molecule has 0 spiro atoms. The van der Waals surface area contributed by atoms with Crippen molar-refractivity contribution in [3.05, 3.63) is 17.7 Å². The van der Waals surface area contributed by atoms with Crippen LogP contribution in [-0.2, 0) is 26.3 Å². The minimum absolute atomic E-state index is 0.0623. The van der Waals surface area contributed by atoms with E-state index in [1.165, 1.54) is 6.33 Å². The van der Waals surface area contributed by atoms with Gasteiger partial charge in [-0.3, -0.25) is 14.9 Å². The van der Waals surface area contributed by atoms with E-state index in [4.69, 9.17) is 10.2 Å². The number of rotatable bonds is 5. The molecule has 2 heterocycles. The molecule has 5 N–H and O–H groups in total. The summed E-state index contributed by atoms with van der Waals surface area (Å²) in [6.45, 7) is 0. The molecule has 9 nitrogen and oxygen atoms in total. The summed E-state index contributed by atoms with van der Waals surface area (Å²) in [5.41, 5.74) is -1.28. The van der Waals surface area contributed by atoms with E-state index in [1.54, 1.807) is 0 Å². The van der Waals surface area contributed by atoms with Crippen LogP contribution in [0.4, 0.5) is 0 Å². The fourth-order valence-corrected chi connectivity index (χ4v) is 2.37. The fourth-order valence-electron chi connectivity index (χ4n) is 2.37. The number of hydrogen-bond acceptors (Lipinski definition) is 5. The van der Waals surface area contributed by atoms with Crippen molar-refractivity contribution in [3.63, 3.8) is 0 Å². The van der Waals surface area contributed by atoms with Crippen molar-refractivity contribution in [2.24, 2.45) is 0 Å². The number of nitrogens with one attached hydrogen (secondary N) is 2. The Morgan fingerprint density at radius 3 is 2.60 bits per heavy atom. The maximum Gasteiger partial charge on any atom is 0.330 e. The third-order valence-corrected chi connectivity index (χ3v) is 3.33. The van der Waals surface area contributed by atoms with Gasteiger partial charge in [0, 0.05) is 18.5 Å². The van der Waals surface area contributed by atoms with Crippen molar-refractivity contribution in [2.45, 2.75) is 30.8 Å². The van der Waals surface area contributed by atoms with Crippen molar-refractivity contribution < 1.29 is 29.7 Å². The van der Waals surface area contributed by atoms with Gasteiger partial charge in [0.2, 0.25) is 0 Å². The normalized spacial score (nSPS) is 24.9. The van der Waals surface area contributed by atoms with Gasteiger partial charge in [-0.2, -0.15) is 0 Å². The molecule has 9 heteroatoms. The Bertz CT molecular complexity index is 568. The molecule has 0 amide bonds. The van der Waals surface area contributed by atoms with E-state index in [9.17, 15) is 19.5 Å².